The van der Waals surface area contributed by atoms with Gasteiger partial charge >= 0.3 is 12.1 Å². The molecule has 0 amide bonds. The Morgan fingerprint density at radius 1 is 1.44 bits per heavy atom. The third-order valence-electron chi connectivity index (χ3n) is 1.77. The average Bonchev–Trinajstić information content (AvgIpc) is 2.14. The number of alkyl halides is 3. The van der Waals surface area contributed by atoms with Crippen molar-refractivity contribution in [3.05, 3.63) is 0 Å². The number of nitrogens with zero attached hydrogens (tertiary/aromatic N) is 1. The molecule has 6 nitrogen and oxygen atoms in total. The van der Waals surface area contributed by atoms with Gasteiger partial charge in [-0.2, -0.15) is 17.6 Å². The largest absolute Gasteiger partial charge is 0.480 e. The maximum Gasteiger partial charge on any atom is 0.389 e. The standard InChI is InChI=1S/C8H13F3N2O4S/c9-8(10,11)3-1-5-18(16,17)13-4-2-6(12)7(14)15/h4,6H,1-3,5,12H2,(H,14,15)/b13-4+/t6-/m0/s1. The van der Waals surface area contributed by atoms with E-state index in [9.17, 15) is 26.4 Å². The van der Waals surface area contributed by atoms with E-state index in [1.165, 1.54) is 0 Å². The predicted molar refractivity (Wildman–Crippen MR) is 57.8 cm³/mol. The summed E-state index contributed by atoms with van der Waals surface area (Å²) in [5.41, 5.74) is 5.07. The second-order valence-corrected chi connectivity index (χ2v) is 5.26. The Hall–Kier alpha value is -1.16. The highest BCUT2D eigenvalue weighted by Crippen LogP contribution is 2.21. The molecule has 0 rings (SSSR count). The maximum atomic E-state index is 11.8. The van der Waals surface area contributed by atoms with Gasteiger partial charge in [0.1, 0.15) is 6.04 Å². The molecule has 0 aliphatic rings. The smallest absolute Gasteiger partial charge is 0.389 e. The molecule has 1 atom stereocenters. The fourth-order valence-corrected chi connectivity index (χ4v) is 1.81. The molecule has 18 heavy (non-hydrogen) atoms. The van der Waals surface area contributed by atoms with Crippen LogP contribution < -0.4 is 5.73 Å². The molecule has 0 aromatic heterocycles. The summed E-state index contributed by atoms with van der Waals surface area (Å²) in [4.78, 5) is 10.3. The molecule has 0 aromatic carbocycles. The van der Waals surface area contributed by atoms with Gasteiger partial charge in [-0.25, -0.2) is 8.42 Å². The summed E-state index contributed by atoms with van der Waals surface area (Å²) >= 11 is 0. The number of carboxylic acids is 1. The summed E-state index contributed by atoms with van der Waals surface area (Å²) in [5.74, 6) is -2.07. The molecular weight excluding hydrogens is 277 g/mol. The molecule has 0 bridgehead atoms. The minimum atomic E-state index is -4.41. The van der Waals surface area contributed by atoms with Gasteiger partial charge in [0.15, 0.2) is 0 Å². The number of hydrogen-bond donors (Lipinski definition) is 2. The van der Waals surface area contributed by atoms with Crippen LogP contribution in [0, 0.1) is 0 Å². The third-order valence-corrected chi connectivity index (χ3v) is 3.05. The zero-order valence-electron chi connectivity index (χ0n) is 9.22. The summed E-state index contributed by atoms with van der Waals surface area (Å²) in [6, 6.07) is -1.29. The predicted octanol–water partition coefficient (Wildman–Crippen LogP) is 0.531. The van der Waals surface area contributed by atoms with Crippen LogP contribution in [0.4, 0.5) is 13.2 Å². The highest BCUT2D eigenvalue weighted by Gasteiger charge is 2.27. The molecule has 3 N–H and O–H groups in total. The molecule has 0 heterocycles. The van der Waals surface area contributed by atoms with Gasteiger partial charge in [-0.05, 0) is 6.42 Å². The first kappa shape index (κ1) is 16.8. The Balaban J connectivity index is 4.16. The van der Waals surface area contributed by atoms with E-state index < -0.39 is 46.8 Å². The van der Waals surface area contributed by atoms with Gasteiger partial charge in [0.05, 0.1) is 5.75 Å². The van der Waals surface area contributed by atoms with Crippen molar-refractivity contribution in [2.75, 3.05) is 5.75 Å². The summed E-state index contributed by atoms with van der Waals surface area (Å²) in [6.07, 6.45) is -5.75. The minimum absolute atomic E-state index is 0.312. The highest BCUT2D eigenvalue weighted by atomic mass is 32.2. The molecular formula is C8H13F3N2O4S. The van der Waals surface area contributed by atoms with E-state index in [2.05, 4.69) is 4.40 Å². The van der Waals surface area contributed by atoms with Crippen molar-refractivity contribution >= 4 is 22.2 Å². The van der Waals surface area contributed by atoms with E-state index in [1.54, 1.807) is 0 Å². The number of aliphatic carboxylic acids is 1. The number of nitrogens with two attached hydrogens (primary N) is 1. The van der Waals surface area contributed by atoms with Crippen molar-refractivity contribution < 1.29 is 31.5 Å². The van der Waals surface area contributed by atoms with Crippen LogP contribution in [0.25, 0.3) is 0 Å². The summed E-state index contributed by atoms with van der Waals surface area (Å²) in [5, 5.41) is 8.38. The zero-order valence-corrected chi connectivity index (χ0v) is 10.0. The Morgan fingerprint density at radius 3 is 2.44 bits per heavy atom. The van der Waals surface area contributed by atoms with E-state index in [-0.39, 0.29) is 6.42 Å². The van der Waals surface area contributed by atoms with Gasteiger partial charge in [0.2, 0.25) is 0 Å². The maximum absolute atomic E-state index is 11.8. The lowest BCUT2D eigenvalue weighted by atomic mass is 10.2. The van der Waals surface area contributed by atoms with Crippen molar-refractivity contribution in [3.63, 3.8) is 0 Å². The second-order valence-electron chi connectivity index (χ2n) is 3.47. The van der Waals surface area contributed by atoms with Crippen LogP contribution in [-0.2, 0) is 14.8 Å². The molecule has 0 spiro atoms. The molecule has 0 radical (unpaired) electrons. The van der Waals surface area contributed by atoms with Crippen molar-refractivity contribution in [1.82, 2.24) is 0 Å². The number of hydrogen-bond acceptors (Lipinski definition) is 4. The lowest BCUT2D eigenvalue weighted by molar-refractivity contribution is -0.138. The fourth-order valence-electron chi connectivity index (χ4n) is 0.879. The van der Waals surface area contributed by atoms with E-state index in [0.717, 1.165) is 6.21 Å². The van der Waals surface area contributed by atoms with Gasteiger partial charge < -0.3 is 10.8 Å². The van der Waals surface area contributed by atoms with Crippen molar-refractivity contribution in [1.29, 1.82) is 0 Å². The Morgan fingerprint density at radius 2 is 2.00 bits per heavy atom. The Labute approximate surface area is 102 Å². The molecule has 0 aromatic rings. The van der Waals surface area contributed by atoms with Crippen molar-refractivity contribution in [3.8, 4) is 0 Å². The number of rotatable bonds is 7. The summed E-state index contributed by atoms with van der Waals surface area (Å²) in [7, 11) is -4.00. The van der Waals surface area contributed by atoms with Crippen molar-refractivity contribution in [2.24, 2.45) is 10.1 Å². The van der Waals surface area contributed by atoms with E-state index >= 15 is 0 Å². The van der Waals surface area contributed by atoms with Crippen LogP contribution in [0.2, 0.25) is 0 Å². The quantitative estimate of drug-likeness (QED) is 0.665. The monoisotopic (exact) mass is 290 g/mol. The van der Waals surface area contributed by atoms with Gasteiger partial charge in [-0.15, -0.1) is 0 Å². The molecule has 106 valence electrons. The Kier molecular flexibility index (Phi) is 6.26. The summed E-state index contributed by atoms with van der Waals surface area (Å²) in [6.45, 7) is 0. The first-order valence-corrected chi connectivity index (χ1v) is 6.46. The first-order chi connectivity index (χ1) is 8.03. The van der Waals surface area contributed by atoms with Crippen LogP contribution in [0.1, 0.15) is 19.3 Å². The van der Waals surface area contributed by atoms with Crippen molar-refractivity contribution in [2.45, 2.75) is 31.5 Å². The van der Waals surface area contributed by atoms with Gasteiger partial charge in [-0.1, -0.05) is 0 Å². The van der Waals surface area contributed by atoms with Crippen LogP contribution in [-0.4, -0.2) is 43.7 Å². The molecule has 0 saturated heterocycles. The number of halogens is 3. The lowest BCUT2D eigenvalue weighted by Gasteiger charge is -2.04. The normalized spacial score (nSPS) is 14.9. The molecule has 10 heteroatoms. The molecule has 0 aliphatic carbocycles. The summed E-state index contributed by atoms with van der Waals surface area (Å²) < 4.78 is 60.6. The molecule has 0 aliphatic heterocycles. The molecule has 0 fully saturated rings. The SMILES string of the molecule is N[C@@H](C/C=N/S(=O)(=O)CCCC(F)(F)F)C(=O)O. The van der Waals surface area contributed by atoms with Gasteiger partial charge in [-0.3, -0.25) is 4.79 Å². The van der Waals surface area contributed by atoms with E-state index in [4.69, 9.17) is 10.8 Å². The minimum Gasteiger partial charge on any atom is -0.480 e. The van der Waals surface area contributed by atoms with Crippen LogP contribution >= 0.6 is 0 Å². The van der Waals surface area contributed by atoms with Crippen LogP contribution in [0.5, 0.6) is 0 Å². The third kappa shape index (κ3) is 8.93. The second kappa shape index (κ2) is 6.69. The topological polar surface area (TPSA) is 110 Å². The number of carboxylic acid groups (broad SMARTS) is 1. The van der Waals surface area contributed by atoms with Crippen LogP contribution in [0.3, 0.4) is 0 Å². The number of sulfonamides is 1. The first-order valence-electron chi connectivity index (χ1n) is 4.85. The molecule has 0 saturated carbocycles. The van der Waals surface area contributed by atoms with Gasteiger partial charge in [0, 0.05) is 19.1 Å². The van der Waals surface area contributed by atoms with E-state index in [1.807, 2.05) is 0 Å². The Bertz CT molecular complexity index is 405. The lowest BCUT2D eigenvalue weighted by Crippen LogP contribution is -2.30. The van der Waals surface area contributed by atoms with Gasteiger partial charge in [0.25, 0.3) is 10.0 Å². The molecule has 0 unspecified atom stereocenters. The fraction of sp³-hybridized carbons (Fsp3) is 0.750. The van der Waals surface area contributed by atoms with Crippen LogP contribution in [0.15, 0.2) is 4.40 Å². The number of carbonyl (C=O) groups is 1. The average molecular weight is 290 g/mol. The zero-order chi connectivity index (χ0) is 14.4. The van der Waals surface area contributed by atoms with E-state index in [0.29, 0.717) is 0 Å². The highest BCUT2D eigenvalue weighted by molar-refractivity contribution is 7.90.